The van der Waals surface area contributed by atoms with Crippen molar-refractivity contribution in [3.8, 4) is 5.75 Å². The van der Waals surface area contributed by atoms with Crippen LogP contribution in [0.25, 0.3) is 6.08 Å². The van der Waals surface area contributed by atoms with Crippen LogP contribution in [0.3, 0.4) is 0 Å². The van der Waals surface area contributed by atoms with E-state index in [0.29, 0.717) is 5.92 Å². The standard InChI is InChI=1S/C23H32N2O3/c1-15(24-20(26)11-8-16-6-9-18(28-5)10-7-16)21(27)25-19-14-17-12-13-23(19,4)22(17,2)3/h6-11,15,17,19H,12-14H2,1-5H3,(H,24,26)(H,25,27)/b11-8+. The van der Waals surface area contributed by atoms with Crippen molar-refractivity contribution in [1.29, 1.82) is 0 Å². The second kappa shape index (κ2) is 7.61. The SMILES string of the molecule is COc1ccc(/C=C/C(=O)NC(C)C(=O)NC2CC3CCC2(C)C3(C)C)cc1. The maximum atomic E-state index is 12.6. The predicted molar refractivity (Wildman–Crippen MR) is 111 cm³/mol. The minimum atomic E-state index is -0.571. The molecule has 2 saturated carbocycles. The number of benzene rings is 1. The highest BCUT2D eigenvalue weighted by molar-refractivity contribution is 5.95. The molecule has 4 atom stereocenters. The van der Waals surface area contributed by atoms with Gasteiger partial charge < -0.3 is 15.4 Å². The summed E-state index contributed by atoms with van der Waals surface area (Å²) in [5.74, 6) is 1.04. The van der Waals surface area contributed by atoms with Gasteiger partial charge in [0.2, 0.25) is 11.8 Å². The van der Waals surface area contributed by atoms with Crippen LogP contribution < -0.4 is 15.4 Å². The van der Waals surface area contributed by atoms with E-state index in [9.17, 15) is 9.59 Å². The fourth-order valence-electron chi connectivity index (χ4n) is 4.93. The number of hydrogen-bond donors (Lipinski definition) is 2. The lowest BCUT2D eigenvalue weighted by Crippen LogP contribution is -2.52. The van der Waals surface area contributed by atoms with E-state index < -0.39 is 6.04 Å². The molecular weight excluding hydrogens is 352 g/mol. The smallest absolute Gasteiger partial charge is 0.244 e. The van der Waals surface area contributed by atoms with Gasteiger partial charge in [0.15, 0.2) is 0 Å². The van der Waals surface area contributed by atoms with Crippen molar-refractivity contribution < 1.29 is 14.3 Å². The molecule has 2 amide bonds. The van der Waals surface area contributed by atoms with E-state index in [1.54, 1.807) is 20.1 Å². The lowest BCUT2D eigenvalue weighted by molar-refractivity contribution is -0.128. The molecular formula is C23H32N2O3. The van der Waals surface area contributed by atoms with Crippen LogP contribution in [-0.2, 0) is 9.59 Å². The number of hydrogen-bond acceptors (Lipinski definition) is 3. The summed E-state index contributed by atoms with van der Waals surface area (Å²) in [5.41, 5.74) is 1.27. The zero-order chi connectivity index (χ0) is 20.5. The Morgan fingerprint density at radius 3 is 2.43 bits per heavy atom. The fourth-order valence-corrected chi connectivity index (χ4v) is 4.93. The van der Waals surface area contributed by atoms with Gasteiger partial charge in [0, 0.05) is 12.1 Å². The van der Waals surface area contributed by atoms with Gasteiger partial charge in [0.05, 0.1) is 7.11 Å². The average molecular weight is 385 g/mol. The van der Waals surface area contributed by atoms with Crippen molar-refractivity contribution >= 4 is 17.9 Å². The number of fused-ring (bicyclic) bond motifs is 2. The van der Waals surface area contributed by atoms with E-state index >= 15 is 0 Å². The number of ether oxygens (including phenoxy) is 1. The first-order valence-electron chi connectivity index (χ1n) is 10.1. The first-order valence-corrected chi connectivity index (χ1v) is 10.1. The van der Waals surface area contributed by atoms with Gasteiger partial charge in [-0.25, -0.2) is 0 Å². The Bertz CT molecular complexity index is 769. The number of carbonyl (C=O) groups excluding carboxylic acids is 2. The molecule has 2 aliphatic carbocycles. The first kappa shape index (κ1) is 20.4. The van der Waals surface area contributed by atoms with Crippen LogP contribution in [0.4, 0.5) is 0 Å². The van der Waals surface area contributed by atoms with Crippen LogP contribution in [0.1, 0.15) is 52.5 Å². The normalized spacial score (nSPS) is 28.9. The second-order valence-electron chi connectivity index (χ2n) is 9.01. The molecule has 0 radical (unpaired) electrons. The topological polar surface area (TPSA) is 67.4 Å². The highest BCUT2D eigenvalue weighted by atomic mass is 16.5. The summed E-state index contributed by atoms with van der Waals surface area (Å²) in [7, 11) is 1.61. The Labute approximate surface area is 167 Å². The highest BCUT2D eigenvalue weighted by Crippen LogP contribution is 2.65. The van der Waals surface area contributed by atoms with Gasteiger partial charge in [-0.1, -0.05) is 32.9 Å². The van der Waals surface area contributed by atoms with E-state index in [1.165, 1.54) is 12.5 Å². The monoisotopic (exact) mass is 384 g/mol. The molecule has 4 unspecified atom stereocenters. The molecule has 0 aliphatic heterocycles. The first-order chi connectivity index (χ1) is 13.2. The van der Waals surface area contributed by atoms with E-state index in [0.717, 1.165) is 24.2 Å². The number of methoxy groups -OCH3 is 1. The molecule has 152 valence electrons. The molecule has 3 rings (SSSR count). The van der Waals surface area contributed by atoms with Crippen LogP contribution >= 0.6 is 0 Å². The van der Waals surface area contributed by atoms with E-state index in [1.807, 2.05) is 24.3 Å². The predicted octanol–water partition coefficient (Wildman–Crippen LogP) is 3.54. The third-order valence-corrected chi connectivity index (χ3v) is 7.41. The Hall–Kier alpha value is -2.30. The Kier molecular flexibility index (Phi) is 5.55. The molecule has 2 aliphatic rings. The molecule has 2 N–H and O–H groups in total. The summed E-state index contributed by atoms with van der Waals surface area (Å²) in [6.07, 6.45) is 6.61. The van der Waals surface area contributed by atoms with Crippen molar-refractivity contribution in [3.63, 3.8) is 0 Å². The summed E-state index contributed by atoms with van der Waals surface area (Å²) >= 11 is 0. The van der Waals surface area contributed by atoms with Gasteiger partial charge >= 0.3 is 0 Å². The molecule has 0 aromatic heterocycles. The van der Waals surface area contributed by atoms with Gasteiger partial charge in [-0.15, -0.1) is 0 Å². The Morgan fingerprint density at radius 2 is 1.89 bits per heavy atom. The molecule has 0 saturated heterocycles. The molecule has 1 aromatic rings. The third-order valence-electron chi connectivity index (χ3n) is 7.41. The lowest BCUT2D eigenvalue weighted by Gasteiger charge is -2.39. The molecule has 2 fully saturated rings. The zero-order valence-corrected chi connectivity index (χ0v) is 17.5. The summed E-state index contributed by atoms with van der Waals surface area (Å²) in [4.78, 5) is 24.8. The molecule has 5 heteroatoms. The van der Waals surface area contributed by atoms with Crippen molar-refractivity contribution in [1.82, 2.24) is 10.6 Å². The van der Waals surface area contributed by atoms with E-state index in [4.69, 9.17) is 4.74 Å². The van der Waals surface area contributed by atoms with Crippen molar-refractivity contribution in [2.45, 2.75) is 59.0 Å². The van der Waals surface area contributed by atoms with Crippen LogP contribution in [-0.4, -0.2) is 31.0 Å². The van der Waals surface area contributed by atoms with E-state index in [2.05, 4.69) is 31.4 Å². The van der Waals surface area contributed by atoms with Gasteiger partial charge in [0.1, 0.15) is 11.8 Å². The number of rotatable bonds is 6. The molecule has 0 spiro atoms. The molecule has 5 nitrogen and oxygen atoms in total. The van der Waals surface area contributed by atoms with Crippen molar-refractivity contribution in [3.05, 3.63) is 35.9 Å². The molecule has 2 bridgehead atoms. The van der Waals surface area contributed by atoms with Gasteiger partial charge in [-0.2, -0.15) is 0 Å². The van der Waals surface area contributed by atoms with Crippen LogP contribution in [0.15, 0.2) is 30.3 Å². The summed E-state index contributed by atoms with van der Waals surface area (Å²) in [6.45, 7) is 8.68. The molecule has 1 aromatic carbocycles. The van der Waals surface area contributed by atoms with Gasteiger partial charge in [-0.05, 0) is 66.7 Å². The number of nitrogens with one attached hydrogen (secondary N) is 2. The average Bonchev–Trinajstić information content (AvgIpc) is 3.00. The lowest BCUT2D eigenvalue weighted by atomic mass is 9.69. The third kappa shape index (κ3) is 3.67. The van der Waals surface area contributed by atoms with Crippen LogP contribution in [0.2, 0.25) is 0 Å². The maximum Gasteiger partial charge on any atom is 0.244 e. The minimum Gasteiger partial charge on any atom is -0.497 e. The maximum absolute atomic E-state index is 12.6. The van der Waals surface area contributed by atoms with Crippen molar-refractivity contribution in [2.24, 2.45) is 16.7 Å². The zero-order valence-electron chi connectivity index (χ0n) is 17.5. The molecule has 0 heterocycles. The second-order valence-corrected chi connectivity index (χ2v) is 9.01. The van der Waals surface area contributed by atoms with E-state index in [-0.39, 0.29) is 28.7 Å². The van der Waals surface area contributed by atoms with Crippen LogP contribution in [0, 0.1) is 16.7 Å². The Balaban J connectivity index is 1.53. The number of amides is 2. The summed E-state index contributed by atoms with van der Waals surface area (Å²) in [5, 5.41) is 5.97. The summed E-state index contributed by atoms with van der Waals surface area (Å²) in [6, 6.07) is 7.03. The summed E-state index contributed by atoms with van der Waals surface area (Å²) < 4.78 is 5.12. The van der Waals surface area contributed by atoms with Gasteiger partial charge in [-0.3, -0.25) is 9.59 Å². The fraction of sp³-hybridized carbons (Fsp3) is 0.565. The van der Waals surface area contributed by atoms with Crippen LogP contribution in [0.5, 0.6) is 5.75 Å². The highest BCUT2D eigenvalue weighted by Gasteiger charge is 2.61. The minimum absolute atomic E-state index is 0.110. The quantitative estimate of drug-likeness (QED) is 0.737. The Morgan fingerprint density at radius 1 is 1.21 bits per heavy atom. The molecule has 28 heavy (non-hydrogen) atoms. The largest absolute Gasteiger partial charge is 0.497 e. The number of carbonyl (C=O) groups is 2. The van der Waals surface area contributed by atoms with Crippen molar-refractivity contribution in [2.75, 3.05) is 7.11 Å². The van der Waals surface area contributed by atoms with Gasteiger partial charge in [0.25, 0.3) is 0 Å².